The fourth-order valence-electron chi connectivity index (χ4n) is 2.77. The van der Waals surface area contributed by atoms with Crippen LogP contribution < -0.4 is 5.32 Å². The lowest BCUT2D eigenvalue weighted by Crippen LogP contribution is -2.24. The van der Waals surface area contributed by atoms with E-state index in [1.54, 1.807) is 24.3 Å². The molecule has 5 nitrogen and oxygen atoms in total. The van der Waals surface area contributed by atoms with Crippen molar-refractivity contribution in [3.05, 3.63) is 71.0 Å². The Morgan fingerprint density at radius 3 is 2.73 bits per heavy atom. The minimum absolute atomic E-state index is 0.179. The minimum Gasteiger partial charge on any atom is -0.361 e. The smallest absolute Gasteiger partial charge is 0.252 e. The van der Waals surface area contributed by atoms with E-state index in [1.165, 1.54) is 18.3 Å². The summed E-state index contributed by atoms with van der Waals surface area (Å²) in [5, 5.41) is 6.80. The maximum absolute atomic E-state index is 13.3. The zero-order valence-corrected chi connectivity index (χ0v) is 14.8. The van der Waals surface area contributed by atoms with Crippen molar-refractivity contribution in [3.8, 4) is 11.3 Å². The number of aryl methyl sites for hydroxylation is 2. The number of aromatic nitrogens is 2. The zero-order valence-electron chi connectivity index (χ0n) is 14.8. The number of hydrogen-bond donors (Lipinski definition) is 1. The highest BCUT2D eigenvalue weighted by molar-refractivity contribution is 5.94. The molecule has 0 saturated carbocycles. The topological polar surface area (TPSA) is 68.0 Å². The summed E-state index contributed by atoms with van der Waals surface area (Å²) in [7, 11) is 0. The Morgan fingerprint density at radius 2 is 2.08 bits per heavy atom. The summed E-state index contributed by atoms with van der Waals surface area (Å²) >= 11 is 0. The van der Waals surface area contributed by atoms with Gasteiger partial charge in [0, 0.05) is 23.9 Å². The van der Waals surface area contributed by atoms with Gasteiger partial charge in [0.05, 0.1) is 17.0 Å². The van der Waals surface area contributed by atoms with E-state index in [2.05, 4.69) is 15.5 Å². The van der Waals surface area contributed by atoms with Crippen LogP contribution >= 0.6 is 0 Å². The quantitative estimate of drug-likeness (QED) is 0.684. The number of benzene rings is 1. The van der Waals surface area contributed by atoms with Gasteiger partial charge in [0.2, 0.25) is 0 Å². The fraction of sp³-hybridized carbons (Fsp3) is 0.250. The van der Waals surface area contributed by atoms with Crippen molar-refractivity contribution in [2.24, 2.45) is 0 Å². The summed E-state index contributed by atoms with van der Waals surface area (Å²) < 4.78 is 18.4. The first-order valence-electron chi connectivity index (χ1n) is 8.46. The Bertz CT molecular complexity index is 884. The molecule has 1 N–H and O–H groups in total. The highest BCUT2D eigenvalue weighted by Gasteiger charge is 2.10. The second-order valence-electron chi connectivity index (χ2n) is 6.10. The van der Waals surface area contributed by atoms with Gasteiger partial charge in [0.15, 0.2) is 0 Å². The average molecular weight is 353 g/mol. The van der Waals surface area contributed by atoms with E-state index >= 15 is 0 Å². The van der Waals surface area contributed by atoms with E-state index in [0.717, 1.165) is 29.9 Å². The van der Waals surface area contributed by atoms with Crippen LogP contribution in [0.4, 0.5) is 4.39 Å². The lowest BCUT2D eigenvalue weighted by molar-refractivity contribution is 0.0953. The van der Waals surface area contributed by atoms with Crippen molar-refractivity contribution in [1.29, 1.82) is 0 Å². The van der Waals surface area contributed by atoms with Crippen LogP contribution in [-0.2, 0) is 6.42 Å². The predicted molar refractivity (Wildman–Crippen MR) is 96.3 cm³/mol. The number of nitrogens with one attached hydrogen (secondary N) is 1. The molecule has 0 radical (unpaired) electrons. The second-order valence-corrected chi connectivity index (χ2v) is 6.10. The standard InChI is InChI=1S/C20H20FN3O2/c1-13-18(14(2)26-24-13)7-4-10-22-20(25)16-8-9-19(23-12-16)15-5-3-6-17(21)11-15/h3,5-6,8-9,11-12H,4,7,10H2,1-2H3,(H,22,25). The molecule has 1 amide bonds. The molecule has 0 aliphatic heterocycles. The molecule has 6 heteroatoms. The van der Waals surface area contributed by atoms with Crippen LogP contribution in [0.5, 0.6) is 0 Å². The van der Waals surface area contributed by atoms with E-state index in [9.17, 15) is 9.18 Å². The number of carbonyl (C=O) groups is 1. The molecule has 2 aromatic heterocycles. The van der Waals surface area contributed by atoms with Gasteiger partial charge in [-0.1, -0.05) is 17.3 Å². The molecule has 0 unspecified atom stereocenters. The van der Waals surface area contributed by atoms with Crippen LogP contribution in [0.3, 0.4) is 0 Å². The summed E-state index contributed by atoms with van der Waals surface area (Å²) in [4.78, 5) is 16.5. The summed E-state index contributed by atoms with van der Waals surface area (Å²) in [5.74, 6) is 0.331. The van der Waals surface area contributed by atoms with Gasteiger partial charge in [0.25, 0.3) is 5.91 Å². The molecule has 1 aromatic carbocycles. The largest absolute Gasteiger partial charge is 0.361 e. The SMILES string of the molecule is Cc1noc(C)c1CCCNC(=O)c1ccc(-c2cccc(F)c2)nc1. The van der Waals surface area contributed by atoms with E-state index in [0.29, 0.717) is 23.4 Å². The highest BCUT2D eigenvalue weighted by Crippen LogP contribution is 2.18. The second kappa shape index (κ2) is 7.91. The van der Waals surface area contributed by atoms with Crippen LogP contribution in [0.1, 0.15) is 33.8 Å². The zero-order chi connectivity index (χ0) is 18.5. The van der Waals surface area contributed by atoms with Crippen LogP contribution in [0, 0.1) is 19.7 Å². The molecule has 3 rings (SSSR count). The number of amides is 1. The molecule has 0 spiro atoms. The maximum atomic E-state index is 13.3. The summed E-state index contributed by atoms with van der Waals surface area (Å²) in [6, 6.07) is 9.61. The van der Waals surface area contributed by atoms with Crippen LogP contribution in [0.25, 0.3) is 11.3 Å². The van der Waals surface area contributed by atoms with Crippen molar-refractivity contribution < 1.29 is 13.7 Å². The first-order chi connectivity index (χ1) is 12.5. The van der Waals surface area contributed by atoms with Crippen LogP contribution in [-0.4, -0.2) is 22.6 Å². The molecule has 0 aliphatic rings. The minimum atomic E-state index is -0.315. The Balaban J connectivity index is 1.53. The summed E-state index contributed by atoms with van der Waals surface area (Å²) in [5.41, 5.74) is 3.77. The molecule has 0 aliphatic carbocycles. The summed E-state index contributed by atoms with van der Waals surface area (Å²) in [6.45, 7) is 4.35. The van der Waals surface area contributed by atoms with Gasteiger partial charge in [-0.15, -0.1) is 0 Å². The Labute approximate surface area is 151 Å². The number of nitrogens with zero attached hydrogens (tertiary/aromatic N) is 2. The number of pyridine rings is 1. The van der Waals surface area contributed by atoms with E-state index < -0.39 is 0 Å². The van der Waals surface area contributed by atoms with E-state index in [4.69, 9.17) is 4.52 Å². The molecule has 26 heavy (non-hydrogen) atoms. The first kappa shape index (κ1) is 17.8. The molecule has 0 bridgehead atoms. The van der Waals surface area contributed by atoms with Crippen molar-refractivity contribution in [2.45, 2.75) is 26.7 Å². The predicted octanol–water partition coefficient (Wildman–Crippen LogP) is 3.86. The highest BCUT2D eigenvalue weighted by atomic mass is 19.1. The molecule has 3 aromatic rings. The Kier molecular flexibility index (Phi) is 5.41. The lowest BCUT2D eigenvalue weighted by Gasteiger charge is -2.06. The van der Waals surface area contributed by atoms with Crippen molar-refractivity contribution in [2.75, 3.05) is 6.54 Å². The first-order valence-corrected chi connectivity index (χ1v) is 8.46. The third-order valence-corrected chi connectivity index (χ3v) is 4.22. The molecule has 0 fully saturated rings. The van der Waals surface area contributed by atoms with Crippen molar-refractivity contribution in [3.63, 3.8) is 0 Å². The van der Waals surface area contributed by atoms with Crippen LogP contribution in [0.15, 0.2) is 47.1 Å². The summed E-state index contributed by atoms with van der Waals surface area (Å²) in [6.07, 6.45) is 3.10. The lowest BCUT2D eigenvalue weighted by atomic mass is 10.1. The number of hydrogen-bond acceptors (Lipinski definition) is 4. The number of halogens is 1. The fourth-order valence-corrected chi connectivity index (χ4v) is 2.77. The van der Waals surface area contributed by atoms with Gasteiger partial charge in [-0.05, 0) is 51.0 Å². The van der Waals surface area contributed by atoms with Crippen LogP contribution in [0.2, 0.25) is 0 Å². The Hall–Kier alpha value is -3.02. The van der Waals surface area contributed by atoms with E-state index in [-0.39, 0.29) is 11.7 Å². The van der Waals surface area contributed by atoms with Gasteiger partial charge < -0.3 is 9.84 Å². The van der Waals surface area contributed by atoms with Gasteiger partial charge in [-0.25, -0.2) is 4.39 Å². The third-order valence-electron chi connectivity index (χ3n) is 4.22. The van der Waals surface area contributed by atoms with Crippen molar-refractivity contribution in [1.82, 2.24) is 15.5 Å². The molecular formula is C20H20FN3O2. The molecular weight excluding hydrogens is 333 g/mol. The number of rotatable bonds is 6. The van der Waals surface area contributed by atoms with Gasteiger partial charge in [0.1, 0.15) is 11.6 Å². The maximum Gasteiger partial charge on any atom is 0.252 e. The van der Waals surface area contributed by atoms with Gasteiger partial charge in [-0.3, -0.25) is 9.78 Å². The normalized spacial score (nSPS) is 10.7. The van der Waals surface area contributed by atoms with E-state index in [1.807, 2.05) is 13.8 Å². The Morgan fingerprint density at radius 1 is 1.23 bits per heavy atom. The molecule has 0 saturated heterocycles. The monoisotopic (exact) mass is 353 g/mol. The van der Waals surface area contributed by atoms with Gasteiger partial charge >= 0.3 is 0 Å². The van der Waals surface area contributed by atoms with Gasteiger partial charge in [-0.2, -0.15) is 0 Å². The molecule has 134 valence electrons. The average Bonchev–Trinajstić information content (AvgIpc) is 2.97. The van der Waals surface area contributed by atoms with Crippen molar-refractivity contribution >= 4 is 5.91 Å². The molecule has 2 heterocycles. The number of carbonyl (C=O) groups excluding carboxylic acids is 1. The molecule has 0 atom stereocenters. The third kappa shape index (κ3) is 4.14.